The molecule has 1 unspecified atom stereocenters. The number of benzene rings is 2. The molecular formula is C16H15BrFN3. The van der Waals surface area contributed by atoms with Gasteiger partial charge >= 0.3 is 0 Å². The lowest BCUT2D eigenvalue weighted by Gasteiger charge is -2.27. The standard InChI is InChI=1S/C16H15BrFN3/c1-10-2-5-12(6-3-10)21-15(9-20-16(21)19)11-4-7-13(17)14(18)8-11/h2-8,15H,9H2,1H3,(H2,19,20). The van der Waals surface area contributed by atoms with Crippen LogP contribution in [-0.4, -0.2) is 12.5 Å². The first kappa shape index (κ1) is 14.1. The molecule has 1 aliphatic heterocycles. The predicted molar refractivity (Wildman–Crippen MR) is 87.0 cm³/mol. The summed E-state index contributed by atoms with van der Waals surface area (Å²) in [6.45, 7) is 2.56. The maximum absolute atomic E-state index is 13.8. The van der Waals surface area contributed by atoms with Gasteiger partial charge in [0.1, 0.15) is 5.82 Å². The third kappa shape index (κ3) is 2.65. The van der Waals surface area contributed by atoms with Gasteiger partial charge in [0.2, 0.25) is 0 Å². The first-order chi connectivity index (χ1) is 10.1. The largest absolute Gasteiger partial charge is 0.369 e. The number of hydrogen-bond donors (Lipinski definition) is 1. The van der Waals surface area contributed by atoms with Crippen molar-refractivity contribution in [2.75, 3.05) is 11.4 Å². The summed E-state index contributed by atoms with van der Waals surface area (Å²) >= 11 is 3.18. The molecule has 1 atom stereocenters. The zero-order valence-corrected chi connectivity index (χ0v) is 13.1. The molecule has 0 saturated heterocycles. The Morgan fingerprint density at radius 3 is 2.62 bits per heavy atom. The lowest BCUT2D eigenvalue weighted by molar-refractivity contribution is 0.615. The quantitative estimate of drug-likeness (QED) is 0.898. The smallest absolute Gasteiger partial charge is 0.196 e. The van der Waals surface area contributed by atoms with E-state index < -0.39 is 0 Å². The van der Waals surface area contributed by atoms with Crippen LogP contribution >= 0.6 is 15.9 Å². The molecule has 2 aromatic carbocycles. The highest BCUT2D eigenvalue weighted by molar-refractivity contribution is 9.10. The first-order valence-corrected chi connectivity index (χ1v) is 7.46. The summed E-state index contributed by atoms with van der Waals surface area (Å²) in [5, 5.41) is 0. The van der Waals surface area contributed by atoms with Gasteiger partial charge in [-0.05, 0) is 52.7 Å². The second kappa shape index (κ2) is 5.48. The van der Waals surface area contributed by atoms with Crippen LogP contribution in [0.25, 0.3) is 0 Å². The Kier molecular flexibility index (Phi) is 3.68. The number of nitrogens with two attached hydrogens (primary N) is 1. The minimum Gasteiger partial charge on any atom is -0.369 e. The molecule has 0 radical (unpaired) electrons. The summed E-state index contributed by atoms with van der Waals surface area (Å²) in [4.78, 5) is 6.26. The fraction of sp³-hybridized carbons (Fsp3) is 0.188. The summed E-state index contributed by atoms with van der Waals surface area (Å²) in [6.07, 6.45) is 0. The molecule has 2 N–H and O–H groups in total. The molecule has 0 aromatic heterocycles. The molecule has 21 heavy (non-hydrogen) atoms. The van der Waals surface area contributed by atoms with Crippen LogP contribution in [0.3, 0.4) is 0 Å². The molecule has 0 amide bonds. The molecule has 3 rings (SSSR count). The lowest BCUT2D eigenvalue weighted by Crippen LogP contribution is -2.36. The Labute approximate surface area is 131 Å². The van der Waals surface area contributed by atoms with E-state index >= 15 is 0 Å². The summed E-state index contributed by atoms with van der Waals surface area (Å²) < 4.78 is 14.2. The van der Waals surface area contributed by atoms with Crippen molar-refractivity contribution in [3.63, 3.8) is 0 Å². The summed E-state index contributed by atoms with van der Waals surface area (Å²) in [6, 6.07) is 13.1. The van der Waals surface area contributed by atoms with Gasteiger partial charge < -0.3 is 10.6 Å². The van der Waals surface area contributed by atoms with Gasteiger partial charge in [0.25, 0.3) is 0 Å². The Morgan fingerprint density at radius 1 is 1.24 bits per heavy atom. The number of nitrogens with zero attached hydrogens (tertiary/aromatic N) is 2. The van der Waals surface area contributed by atoms with E-state index in [0.29, 0.717) is 17.0 Å². The minimum absolute atomic E-state index is 0.0738. The Hall–Kier alpha value is -1.88. The van der Waals surface area contributed by atoms with Crippen molar-refractivity contribution in [3.8, 4) is 0 Å². The lowest BCUT2D eigenvalue weighted by atomic mass is 10.1. The number of anilines is 1. The monoisotopic (exact) mass is 347 g/mol. The SMILES string of the molecule is Cc1ccc(N2C(N)=NCC2c2ccc(Br)c(F)c2)cc1. The van der Waals surface area contributed by atoms with E-state index in [1.807, 2.05) is 42.2 Å². The fourth-order valence-corrected chi connectivity index (χ4v) is 2.74. The molecular weight excluding hydrogens is 333 g/mol. The van der Waals surface area contributed by atoms with E-state index in [0.717, 1.165) is 11.3 Å². The highest BCUT2D eigenvalue weighted by Gasteiger charge is 2.29. The summed E-state index contributed by atoms with van der Waals surface area (Å²) in [7, 11) is 0. The highest BCUT2D eigenvalue weighted by Crippen LogP contribution is 2.32. The minimum atomic E-state index is -0.276. The van der Waals surface area contributed by atoms with Crippen molar-refractivity contribution in [2.45, 2.75) is 13.0 Å². The number of rotatable bonds is 2. The highest BCUT2D eigenvalue weighted by atomic mass is 79.9. The zero-order valence-electron chi connectivity index (χ0n) is 11.6. The van der Waals surface area contributed by atoms with Crippen LogP contribution in [0.15, 0.2) is 51.9 Å². The number of aliphatic imine (C=N–C) groups is 1. The van der Waals surface area contributed by atoms with Crippen molar-refractivity contribution in [2.24, 2.45) is 10.7 Å². The van der Waals surface area contributed by atoms with E-state index in [-0.39, 0.29) is 11.9 Å². The fourth-order valence-electron chi connectivity index (χ4n) is 2.49. The summed E-state index contributed by atoms with van der Waals surface area (Å²) in [5.74, 6) is 0.189. The average molecular weight is 348 g/mol. The maximum Gasteiger partial charge on any atom is 0.196 e. The summed E-state index contributed by atoms with van der Waals surface area (Å²) in [5.41, 5.74) is 9.02. The van der Waals surface area contributed by atoms with Crippen LogP contribution in [0, 0.1) is 12.7 Å². The van der Waals surface area contributed by atoms with Gasteiger partial charge in [-0.3, -0.25) is 4.99 Å². The van der Waals surface area contributed by atoms with Crippen molar-refractivity contribution in [1.29, 1.82) is 0 Å². The van der Waals surface area contributed by atoms with Gasteiger partial charge in [0.15, 0.2) is 5.96 Å². The van der Waals surface area contributed by atoms with Crippen LogP contribution in [0.2, 0.25) is 0 Å². The zero-order chi connectivity index (χ0) is 15.0. The molecule has 0 bridgehead atoms. The molecule has 1 heterocycles. The second-order valence-corrected chi connectivity index (χ2v) is 5.95. The average Bonchev–Trinajstić information content (AvgIpc) is 2.85. The number of aryl methyl sites for hydroxylation is 1. The van der Waals surface area contributed by atoms with Gasteiger partial charge in [-0.2, -0.15) is 0 Å². The van der Waals surface area contributed by atoms with Gasteiger partial charge in [-0.1, -0.05) is 23.8 Å². The molecule has 1 aliphatic rings. The van der Waals surface area contributed by atoms with E-state index in [4.69, 9.17) is 5.73 Å². The van der Waals surface area contributed by atoms with Crippen LogP contribution in [0.1, 0.15) is 17.2 Å². The van der Waals surface area contributed by atoms with E-state index in [1.54, 1.807) is 6.07 Å². The van der Waals surface area contributed by atoms with Gasteiger partial charge in [0, 0.05) is 5.69 Å². The van der Waals surface area contributed by atoms with Crippen molar-refractivity contribution in [1.82, 2.24) is 0 Å². The van der Waals surface area contributed by atoms with Gasteiger partial charge in [-0.25, -0.2) is 4.39 Å². The van der Waals surface area contributed by atoms with Crippen molar-refractivity contribution >= 4 is 27.6 Å². The molecule has 2 aromatic rings. The normalized spacial score (nSPS) is 18.0. The maximum atomic E-state index is 13.8. The molecule has 5 heteroatoms. The Morgan fingerprint density at radius 2 is 1.95 bits per heavy atom. The number of guanidine groups is 1. The third-order valence-electron chi connectivity index (χ3n) is 3.63. The predicted octanol–water partition coefficient (Wildman–Crippen LogP) is 3.77. The molecule has 3 nitrogen and oxygen atoms in total. The first-order valence-electron chi connectivity index (χ1n) is 6.67. The second-order valence-electron chi connectivity index (χ2n) is 5.09. The van der Waals surface area contributed by atoms with E-state index in [2.05, 4.69) is 20.9 Å². The Bertz CT molecular complexity index is 697. The Balaban J connectivity index is 1.98. The molecule has 0 aliphatic carbocycles. The number of halogens is 2. The van der Waals surface area contributed by atoms with Crippen LogP contribution in [0.4, 0.5) is 10.1 Å². The van der Waals surface area contributed by atoms with E-state index in [1.165, 1.54) is 11.6 Å². The van der Waals surface area contributed by atoms with E-state index in [9.17, 15) is 4.39 Å². The van der Waals surface area contributed by atoms with Crippen LogP contribution in [-0.2, 0) is 0 Å². The van der Waals surface area contributed by atoms with Gasteiger partial charge in [0.05, 0.1) is 17.1 Å². The topological polar surface area (TPSA) is 41.6 Å². The van der Waals surface area contributed by atoms with Crippen LogP contribution in [0.5, 0.6) is 0 Å². The van der Waals surface area contributed by atoms with Gasteiger partial charge in [-0.15, -0.1) is 0 Å². The molecule has 0 spiro atoms. The third-order valence-corrected chi connectivity index (χ3v) is 4.27. The van der Waals surface area contributed by atoms with Crippen molar-refractivity contribution < 1.29 is 4.39 Å². The molecule has 0 saturated carbocycles. The number of hydrogen-bond acceptors (Lipinski definition) is 3. The van der Waals surface area contributed by atoms with Crippen molar-refractivity contribution in [3.05, 3.63) is 63.9 Å². The molecule has 0 fully saturated rings. The van der Waals surface area contributed by atoms with Crippen LogP contribution < -0.4 is 10.6 Å². The molecule has 108 valence electrons.